The number of ether oxygens (including phenoxy) is 1. The van der Waals surface area contributed by atoms with Gasteiger partial charge in [-0.25, -0.2) is 4.79 Å². The lowest BCUT2D eigenvalue weighted by atomic mass is 10.1. The Morgan fingerprint density at radius 1 is 1.42 bits per heavy atom. The van der Waals surface area contributed by atoms with E-state index in [1.54, 1.807) is 13.0 Å². The minimum Gasteiger partial charge on any atom is -0.507 e. The van der Waals surface area contributed by atoms with E-state index in [0.29, 0.717) is 0 Å². The topological polar surface area (TPSA) is 95.9 Å². The van der Waals surface area contributed by atoms with E-state index in [4.69, 9.17) is 9.84 Å². The molecule has 0 aromatic heterocycles. The summed E-state index contributed by atoms with van der Waals surface area (Å²) < 4.78 is 4.79. The third-order valence-corrected chi connectivity index (χ3v) is 2.61. The molecule has 0 fully saturated rings. The normalized spacial score (nSPS) is 11.9. The van der Waals surface area contributed by atoms with Crippen LogP contribution in [0.25, 0.3) is 0 Å². The predicted octanol–water partition coefficient (Wildman–Crippen LogP) is 0.920. The number of carboxylic acid groups (broad SMARTS) is 1. The smallest absolute Gasteiger partial charge is 0.326 e. The monoisotopic (exact) mass is 267 g/mol. The maximum absolute atomic E-state index is 11.9. The molecule has 1 aromatic carbocycles. The van der Waals surface area contributed by atoms with Crippen molar-refractivity contribution in [3.05, 3.63) is 29.3 Å². The van der Waals surface area contributed by atoms with E-state index < -0.39 is 17.9 Å². The molecule has 0 aliphatic carbocycles. The molecule has 0 bridgehead atoms. The summed E-state index contributed by atoms with van der Waals surface area (Å²) >= 11 is 0. The highest BCUT2D eigenvalue weighted by atomic mass is 16.5. The maximum Gasteiger partial charge on any atom is 0.326 e. The van der Waals surface area contributed by atoms with Crippen molar-refractivity contribution in [1.82, 2.24) is 5.32 Å². The first-order valence-electron chi connectivity index (χ1n) is 5.78. The zero-order chi connectivity index (χ0) is 14.4. The molecule has 0 saturated carbocycles. The van der Waals surface area contributed by atoms with Crippen molar-refractivity contribution in [3.63, 3.8) is 0 Å². The maximum atomic E-state index is 11.9. The Morgan fingerprint density at radius 2 is 2.11 bits per heavy atom. The second kappa shape index (κ2) is 6.75. The fourth-order valence-electron chi connectivity index (χ4n) is 1.56. The Hall–Kier alpha value is -2.08. The van der Waals surface area contributed by atoms with Crippen LogP contribution >= 0.6 is 0 Å². The van der Waals surface area contributed by atoms with Crippen LogP contribution < -0.4 is 5.32 Å². The van der Waals surface area contributed by atoms with Crippen LogP contribution in [0.5, 0.6) is 5.75 Å². The van der Waals surface area contributed by atoms with Gasteiger partial charge in [0.25, 0.3) is 5.91 Å². The van der Waals surface area contributed by atoms with Gasteiger partial charge in [0.15, 0.2) is 0 Å². The van der Waals surface area contributed by atoms with Crippen molar-refractivity contribution in [2.75, 3.05) is 13.7 Å². The third kappa shape index (κ3) is 4.26. The number of hydrogen-bond donors (Lipinski definition) is 3. The van der Waals surface area contributed by atoms with E-state index in [1.165, 1.54) is 19.2 Å². The summed E-state index contributed by atoms with van der Waals surface area (Å²) in [6.45, 7) is 2.00. The number of phenols is 1. The first-order chi connectivity index (χ1) is 8.95. The van der Waals surface area contributed by atoms with Gasteiger partial charge in [-0.05, 0) is 24.6 Å². The molecule has 0 radical (unpaired) electrons. The first-order valence-corrected chi connectivity index (χ1v) is 5.78. The number of benzene rings is 1. The first kappa shape index (κ1) is 15.0. The number of hydrogen-bond acceptors (Lipinski definition) is 4. The molecule has 0 heterocycles. The number of rotatable bonds is 6. The van der Waals surface area contributed by atoms with Crippen LogP contribution in [-0.4, -0.2) is 41.8 Å². The summed E-state index contributed by atoms with van der Waals surface area (Å²) in [6, 6.07) is 3.52. The molecule has 1 rings (SSSR count). The number of carbonyl (C=O) groups excluding carboxylic acids is 1. The molecule has 0 saturated heterocycles. The second-order valence-electron chi connectivity index (χ2n) is 4.17. The summed E-state index contributed by atoms with van der Waals surface area (Å²) in [5.74, 6) is -1.94. The zero-order valence-electron chi connectivity index (χ0n) is 10.8. The second-order valence-corrected chi connectivity index (χ2v) is 4.17. The summed E-state index contributed by atoms with van der Waals surface area (Å²) in [4.78, 5) is 22.9. The number of methoxy groups -OCH3 is 1. The average molecular weight is 267 g/mol. The van der Waals surface area contributed by atoms with Gasteiger partial charge in [-0.15, -0.1) is 0 Å². The van der Waals surface area contributed by atoms with Gasteiger partial charge in [0.2, 0.25) is 0 Å². The van der Waals surface area contributed by atoms with Gasteiger partial charge in [0.05, 0.1) is 5.56 Å². The largest absolute Gasteiger partial charge is 0.507 e. The molecule has 1 amide bonds. The fourth-order valence-corrected chi connectivity index (χ4v) is 1.56. The van der Waals surface area contributed by atoms with Crippen molar-refractivity contribution in [2.24, 2.45) is 0 Å². The molecule has 6 nitrogen and oxygen atoms in total. The predicted molar refractivity (Wildman–Crippen MR) is 68.2 cm³/mol. The van der Waals surface area contributed by atoms with Crippen LogP contribution in [0.15, 0.2) is 18.2 Å². The van der Waals surface area contributed by atoms with Crippen LogP contribution in [0, 0.1) is 6.92 Å². The van der Waals surface area contributed by atoms with E-state index in [-0.39, 0.29) is 24.3 Å². The zero-order valence-corrected chi connectivity index (χ0v) is 10.8. The Balaban J connectivity index is 2.78. The molecular formula is C13H17NO5. The lowest BCUT2D eigenvalue weighted by Crippen LogP contribution is -2.41. The highest BCUT2D eigenvalue weighted by molar-refractivity contribution is 5.98. The fraction of sp³-hybridized carbons (Fsp3) is 0.385. The minimum atomic E-state index is -1.14. The number of nitrogens with one attached hydrogen (secondary N) is 1. The Bertz CT molecular complexity index is 472. The number of carbonyl (C=O) groups is 2. The highest BCUT2D eigenvalue weighted by Gasteiger charge is 2.21. The Labute approximate surface area is 111 Å². The standard InChI is InChI=1S/C13H17NO5/c1-8-3-4-9(11(15)7-8)12(16)14-10(13(17)18)5-6-19-2/h3-4,7,10,15H,5-6H2,1-2H3,(H,14,16)(H,17,18). The molecule has 0 spiro atoms. The van der Waals surface area contributed by atoms with Crippen LogP contribution in [0.1, 0.15) is 22.3 Å². The Kier molecular flexibility index (Phi) is 5.32. The van der Waals surface area contributed by atoms with Crippen molar-refractivity contribution < 1.29 is 24.5 Å². The molecule has 1 aromatic rings. The lowest BCUT2D eigenvalue weighted by Gasteiger charge is -2.14. The van der Waals surface area contributed by atoms with Gasteiger partial charge in [0, 0.05) is 20.1 Å². The lowest BCUT2D eigenvalue weighted by molar-refractivity contribution is -0.139. The van der Waals surface area contributed by atoms with E-state index >= 15 is 0 Å². The molecule has 104 valence electrons. The molecule has 19 heavy (non-hydrogen) atoms. The minimum absolute atomic E-state index is 0.0502. The van der Waals surface area contributed by atoms with Crippen molar-refractivity contribution in [1.29, 1.82) is 0 Å². The SMILES string of the molecule is COCCC(NC(=O)c1ccc(C)cc1O)C(=O)O. The number of aryl methyl sites for hydroxylation is 1. The number of amides is 1. The van der Waals surface area contributed by atoms with E-state index in [1.807, 2.05) is 0 Å². The molecule has 1 unspecified atom stereocenters. The van der Waals surface area contributed by atoms with Gasteiger partial charge in [-0.1, -0.05) is 6.07 Å². The molecule has 0 aliphatic heterocycles. The molecule has 3 N–H and O–H groups in total. The average Bonchev–Trinajstić information content (AvgIpc) is 2.33. The molecule has 6 heteroatoms. The number of aromatic hydroxyl groups is 1. The van der Waals surface area contributed by atoms with Crippen LogP contribution in [0.2, 0.25) is 0 Å². The summed E-state index contributed by atoms with van der Waals surface area (Å²) in [5, 5.41) is 21.0. The van der Waals surface area contributed by atoms with Crippen LogP contribution in [-0.2, 0) is 9.53 Å². The Morgan fingerprint density at radius 3 is 2.63 bits per heavy atom. The summed E-state index contributed by atoms with van der Waals surface area (Å²) in [5.41, 5.74) is 0.859. The number of carboxylic acids is 1. The van der Waals surface area contributed by atoms with Crippen molar-refractivity contribution >= 4 is 11.9 Å². The number of aliphatic carboxylic acids is 1. The molecule has 1 atom stereocenters. The van der Waals surface area contributed by atoms with Crippen LogP contribution in [0.4, 0.5) is 0 Å². The van der Waals surface area contributed by atoms with Gasteiger partial charge < -0.3 is 20.3 Å². The summed E-state index contributed by atoms with van der Waals surface area (Å²) in [6.07, 6.45) is 0.157. The quantitative estimate of drug-likeness (QED) is 0.712. The highest BCUT2D eigenvalue weighted by Crippen LogP contribution is 2.18. The molecule has 0 aliphatic rings. The van der Waals surface area contributed by atoms with Crippen molar-refractivity contribution in [3.8, 4) is 5.75 Å². The van der Waals surface area contributed by atoms with E-state index in [0.717, 1.165) is 5.56 Å². The van der Waals surface area contributed by atoms with E-state index in [2.05, 4.69) is 5.32 Å². The van der Waals surface area contributed by atoms with Crippen molar-refractivity contribution in [2.45, 2.75) is 19.4 Å². The van der Waals surface area contributed by atoms with Gasteiger partial charge in [-0.3, -0.25) is 4.79 Å². The van der Waals surface area contributed by atoms with Gasteiger partial charge in [0.1, 0.15) is 11.8 Å². The third-order valence-electron chi connectivity index (χ3n) is 2.61. The summed E-state index contributed by atoms with van der Waals surface area (Å²) in [7, 11) is 1.45. The van der Waals surface area contributed by atoms with Crippen LogP contribution in [0.3, 0.4) is 0 Å². The molecular weight excluding hydrogens is 250 g/mol. The number of phenolic OH excluding ortho intramolecular Hbond substituents is 1. The van der Waals surface area contributed by atoms with E-state index in [9.17, 15) is 14.7 Å². The van der Waals surface area contributed by atoms with Gasteiger partial charge >= 0.3 is 5.97 Å². The van der Waals surface area contributed by atoms with Gasteiger partial charge in [-0.2, -0.15) is 0 Å².